The summed E-state index contributed by atoms with van der Waals surface area (Å²) in [7, 11) is 0. The van der Waals surface area contributed by atoms with Crippen molar-refractivity contribution < 1.29 is 14.3 Å². The topological polar surface area (TPSA) is 82.4 Å². The Morgan fingerprint density at radius 1 is 1.12 bits per heavy atom. The van der Waals surface area contributed by atoms with E-state index in [4.69, 9.17) is 9.47 Å². The van der Waals surface area contributed by atoms with E-state index >= 15 is 0 Å². The Bertz CT molecular complexity index is 1240. The number of hydrogen-bond acceptors (Lipinski definition) is 6. The molecule has 1 amide bonds. The Hall–Kier alpha value is -3.78. The highest BCUT2D eigenvalue weighted by molar-refractivity contribution is 5.98. The fourth-order valence-electron chi connectivity index (χ4n) is 3.89. The second-order valence-electron chi connectivity index (χ2n) is 7.73. The summed E-state index contributed by atoms with van der Waals surface area (Å²) >= 11 is 0. The number of hydrogen-bond donors (Lipinski definition) is 0. The molecule has 8 heteroatoms. The molecule has 0 radical (unpaired) electrons. The fraction of sp³-hybridized carbons (Fsp3) is 0.250. The largest absolute Gasteiger partial charge is 0.474 e. The van der Waals surface area contributed by atoms with Crippen LogP contribution in [0.4, 0.5) is 0 Å². The molecule has 0 aliphatic carbocycles. The van der Waals surface area contributed by atoms with Crippen LogP contribution in [-0.4, -0.2) is 63.2 Å². The van der Waals surface area contributed by atoms with Crippen LogP contribution in [0.1, 0.15) is 15.9 Å². The van der Waals surface area contributed by atoms with Crippen molar-refractivity contribution >= 4 is 16.7 Å². The van der Waals surface area contributed by atoms with Crippen LogP contribution >= 0.6 is 0 Å². The van der Waals surface area contributed by atoms with Crippen molar-refractivity contribution in [3.63, 3.8) is 0 Å². The summed E-state index contributed by atoms with van der Waals surface area (Å²) in [6.07, 6.45) is 4.68. The minimum Gasteiger partial charge on any atom is -0.474 e. The molecule has 32 heavy (non-hydrogen) atoms. The number of carbonyl (C=O) groups excluding carboxylic acids is 1. The van der Waals surface area contributed by atoms with Crippen LogP contribution in [0.15, 0.2) is 67.1 Å². The van der Waals surface area contributed by atoms with E-state index in [2.05, 4.69) is 15.2 Å². The Labute approximate surface area is 185 Å². The molecule has 5 rings (SSSR count). The molecular weight excluding hydrogens is 406 g/mol. The summed E-state index contributed by atoms with van der Waals surface area (Å²) in [4.78, 5) is 21.1. The molecule has 0 spiro atoms. The van der Waals surface area contributed by atoms with E-state index < -0.39 is 0 Å². The third-order valence-corrected chi connectivity index (χ3v) is 5.49. The first-order valence-corrected chi connectivity index (χ1v) is 10.5. The SMILES string of the molecule is Cc1ccc(-n2nccn2)c(C(=O)N2CCOC(COc3nccc4ccccc34)C2)c1. The lowest BCUT2D eigenvalue weighted by Crippen LogP contribution is -2.47. The highest BCUT2D eigenvalue weighted by Gasteiger charge is 2.28. The number of benzene rings is 2. The molecule has 1 aliphatic heterocycles. The Kier molecular flexibility index (Phi) is 5.51. The van der Waals surface area contributed by atoms with Gasteiger partial charge in [0.25, 0.3) is 5.91 Å². The van der Waals surface area contributed by atoms with Gasteiger partial charge in [-0.25, -0.2) is 4.98 Å². The number of rotatable bonds is 5. The maximum Gasteiger partial charge on any atom is 0.256 e. The van der Waals surface area contributed by atoms with Crippen molar-refractivity contribution in [2.24, 2.45) is 0 Å². The maximum absolute atomic E-state index is 13.4. The van der Waals surface area contributed by atoms with E-state index in [0.29, 0.717) is 43.4 Å². The Morgan fingerprint density at radius 3 is 2.84 bits per heavy atom. The summed E-state index contributed by atoms with van der Waals surface area (Å²) in [5.74, 6) is 0.499. The monoisotopic (exact) mass is 429 g/mol. The number of morpholine rings is 1. The normalized spacial score (nSPS) is 16.3. The van der Waals surface area contributed by atoms with Crippen molar-refractivity contribution in [3.05, 3.63) is 78.2 Å². The van der Waals surface area contributed by atoms with Gasteiger partial charge in [0.2, 0.25) is 5.88 Å². The number of pyridine rings is 1. The molecule has 1 saturated heterocycles. The first kappa shape index (κ1) is 20.1. The molecule has 0 bridgehead atoms. The van der Waals surface area contributed by atoms with Gasteiger partial charge < -0.3 is 14.4 Å². The van der Waals surface area contributed by atoms with Crippen molar-refractivity contribution in [2.45, 2.75) is 13.0 Å². The number of aryl methyl sites for hydroxylation is 1. The van der Waals surface area contributed by atoms with Crippen LogP contribution in [0, 0.1) is 6.92 Å². The lowest BCUT2D eigenvalue weighted by molar-refractivity contribution is -0.0404. The lowest BCUT2D eigenvalue weighted by atomic mass is 10.1. The van der Waals surface area contributed by atoms with Crippen LogP contribution in [0.3, 0.4) is 0 Å². The summed E-state index contributed by atoms with van der Waals surface area (Å²) in [5, 5.41) is 10.4. The van der Waals surface area contributed by atoms with E-state index in [9.17, 15) is 4.79 Å². The van der Waals surface area contributed by atoms with Gasteiger partial charge in [-0.15, -0.1) is 0 Å². The lowest BCUT2D eigenvalue weighted by Gasteiger charge is -2.33. The van der Waals surface area contributed by atoms with Crippen LogP contribution in [0.25, 0.3) is 16.5 Å². The fourth-order valence-corrected chi connectivity index (χ4v) is 3.89. The smallest absolute Gasteiger partial charge is 0.256 e. The van der Waals surface area contributed by atoms with E-state index in [1.165, 1.54) is 4.80 Å². The van der Waals surface area contributed by atoms with Gasteiger partial charge in [-0.05, 0) is 36.6 Å². The number of fused-ring (bicyclic) bond motifs is 1. The molecule has 0 saturated carbocycles. The summed E-state index contributed by atoms with van der Waals surface area (Å²) in [6.45, 7) is 3.67. The third-order valence-electron chi connectivity index (χ3n) is 5.49. The molecule has 162 valence electrons. The molecule has 8 nitrogen and oxygen atoms in total. The van der Waals surface area contributed by atoms with Crippen LogP contribution in [0.2, 0.25) is 0 Å². The zero-order valence-corrected chi connectivity index (χ0v) is 17.7. The van der Waals surface area contributed by atoms with Gasteiger partial charge in [-0.2, -0.15) is 15.0 Å². The third kappa shape index (κ3) is 4.04. The quantitative estimate of drug-likeness (QED) is 0.485. The second kappa shape index (κ2) is 8.76. The molecule has 2 aromatic heterocycles. The Balaban J connectivity index is 1.31. The molecular formula is C24H23N5O3. The number of aromatic nitrogens is 4. The van der Waals surface area contributed by atoms with Gasteiger partial charge in [-0.1, -0.05) is 29.8 Å². The molecule has 1 fully saturated rings. The zero-order valence-electron chi connectivity index (χ0n) is 17.7. The molecule has 2 aromatic carbocycles. The molecule has 4 aromatic rings. The summed E-state index contributed by atoms with van der Waals surface area (Å²) in [6, 6.07) is 15.6. The number of amides is 1. The minimum absolute atomic E-state index is 0.0717. The first-order chi connectivity index (χ1) is 15.7. The first-order valence-electron chi connectivity index (χ1n) is 10.5. The zero-order chi connectivity index (χ0) is 21.9. The summed E-state index contributed by atoms with van der Waals surface area (Å²) < 4.78 is 11.9. The average Bonchev–Trinajstić information content (AvgIpc) is 3.37. The predicted octanol–water partition coefficient (Wildman–Crippen LogP) is 3.04. The van der Waals surface area contributed by atoms with E-state index in [1.807, 2.05) is 55.5 Å². The Morgan fingerprint density at radius 2 is 1.97 bits per heavy atom. The molecule has 1 aliphatic rings. The summed E-state index contributed by atoms with van der Waals surface area (Å²) in [5.41, 5.74) is 2.22. The van der Waals surface area contributed by atoms with Crippen molar-refractivity contribution in [1.82, 2.24) is 24.9 Å². The highest BCUT2D eigenvalue weighted by atomic mass is 16.5. The number of ether oxygens (including phenoxy) is 2. The van der Waals surface area contributed by atoms with Crippen molar-refractivity contribution in [3.8, 4) is 11.6 Å². The van der Waals surface area contributed by atoms with Gasteiger partial charge in [0.15, 0.2) is 0 Å². The van der Waals surface area contributed by atoms with Crippen LogP contribution in [0.5, 0.6) is 5.88 Å². The standard InChI is InChI=1S/C24H23N5O3/c1-17-6-7-22(29-26-10-11-27-29)21(14-17)24(30)28-12-13-31-19(15-28)16-32-23-20-5-3-2-4-18(20)8-9-25-23/h2-11,14,19H,12-13,15-16H2,1H3. The molecule has 0 N–H and O–H groups in total. The second-order valence-corrected chi connectivity index (χ2v) is 7.73. The van der Waals surface area contributed by atoms with Crippen LogP contribution in [-0.2, 0) is 4.74 Å². The molecule has 1 atom stereocenters. The molecule has 3 heterocycles. The van der Waals surface area contributed by atoms with Crippen molar-refractivity contribution in [1.29, 1.82) is 0 Å². The number of carbonyl (C=O) groups is 1. The molecule has 1 unspecified atom stereocenters. The van der Waals surface area contributed by atoms with E-state index in [-0.39, 0.29) is 12.0 Å². The van der Waals surface area contributed by atoms with Crippen molar-refractivity contribution in [2.75, 3.05) is 26.3 Å². The maximum atomic E-state index is 13.4. The highest BCUT2D eigenvalue weighted by Crippen LogP contribution is 2.23. The average molecular weight is 429 g/mol. The van der Waals surface area contributed by atoms with E-state index in [0.717, 1.165) is 16.3 Å². The van der Waals surface area contributed by atoms with E-state index in [1.54, 1.807) is 23.5 Å². The van der Waals surface area contributed by atoms with Crippen LogP contribution < -0.4 is 4.74 Å². The predicted molar refractivity (Wildman–Crippen MR) is 119 cm³/mol. The minimum atomic E-state index is -0.246. The number of nitrogens with zero attached hydrogens (tertiary/aromatic N) is 5. The van der Waals surface area contributed by atoms with Gasteiger partial charge in [0.05, 0.1) is 36.8 Å². The van der Waals surface area contributed by atoms with Gasteiger partial charge in [-0.3, -0.25) is 4.79 Å². The van der Waals surface area contributed by atoms with Gasteiger partial charge in [0, 0.05) is 18.1 Å². The van der Waals surface area contributed by atoms with Gasteiger partial charge in [0.1, 0.15) is 12.7 Å². The van der Waals surface area contributed by atoms with Gasteiger partial charge >= 0.3 is 0 Å².